The number of hydrogen-bond donors (Lipinski definition) is 2. The van der Waals surface area contributed by atoms with E-state index in [1.807, 2.05) is 45.2 Å². The molecule has 0 radical (unpaired) electrons. The molecule has 0 saturated carbocycles. The summed E-state index contributed by atoms with van der Waals surface area (Å²) in [5.41, 5.74) is 4.87. The van der Waals surface area contributed by atoms with Gasteiger partial charge in [-0.3, -0.25) is 0 Å². The highest BCUT2D eigenvalue weighted by Crippen LogP contribution is 2.27. The van der Waals surface area contributed by atoms with Crippen molar-refractivity contribution in [2.24, 2.45) is 11.6 Å². The molecular formula is C3H7I2N3O. The van der Waals surface area contributed by atoms with E-state index in [1.165, 1.54) is 0 Å². The van der Waals surface area contributed by atoms with Crippen molar-refractivity contribution in [3.05, 3.63) is 0 Å². The minimum absolute atomic E-state index is 0.443. The summed E-state index contributed by atoms with van der Waals surface area (Å²) in [6, 6.07) is -0.624. The van der Waals surface area contributed by atoms with E-state index in [0.717, 1.165) is 5.01 Å². The Bertz CT molecular complexity index is 121. The third kappa shape index (κ3) is 3.40. The fourth-order valence-electron chi connectivity index (χ4n) is 0.193. The lowest BCUT2D eigenvalue weighted by Gasteiger charge is -2.24. The average molecular weight is 355 g/mol. The molecule has 2 amide bonds. The summed E-state index contributed by atoms with van der Waals surface area (Å²) in [6.45, 7) is 1.78. The maximum Gasteiger partial charge on any atom is 0.330 e. The molecule has 4 nitrogen and oxygen atoms in total. The number of urea groups is 1. The predicted molar refractivity (Wildman–Crippen MR) is 52.1 cm³/mol. The Kier molecular flexibility index (Phi) is 3.44. The lowest BCUT2D eigenvalue weighted by atomic mass is 10.7. The van der Waals surface area contributed by atoms with E-state index in [9.17, 15) is 4.79 Å². The monoisotopic (exact) mass is 355 g/mol. The van der Waals surface area contributed by atoms with E-state index in [1.54, 1.807) is 6.92 Å². The fraction of sp³-hybridized carbons (Fsp3) is 0.667. The van der Waals surface area contributed by atoms with Crippen LogP contribution in [0.3, 0.4) is 0 Å². The molecule has 0 heterocycles. The summed E-state index contributed by atoms with van der Waals surface area (Å²) < 4.78 is -0.443. The Morgan fingerprint density at radius 2 is 2.00 bits per heavy atom. The molecular weight excluding hydrogens is 348 g/mol. The van der Waals surface area contributed by atoms with Crippen LogP contribution < -0.4 is 11.6 Å². The van der Waals surface area contributed by atoms with Crippen LogP contribution in [0, 0.1) is 0 Å². The van der Waals surface area contributed by atoms with Crippen LogP contribution in [0.15, 0.2) is 0 Å². The largest absolute Gasteiger partial charge is 0.350 e. The number of rotatable bonds is 1. The number of carbonyl (C=O) groups excluding carboxylic acids is 1. The number of nitrogens with two attached hydrogens (primary N) is 2. The molecule has 0 spiro atoms. The molecule has 0 unspecified atom stereocenters. The molecule has 0 saturated heterocycles. The molecule has 54 valence electrons. The van der Waals surface area contributed by atoms with Crippen molar-refractivity contribution >= 4 is 51.2 Å². The number of nitrogens with zero attached hydrogens (tertiary/aromatic N) is 1. The van der Waals surface area contributed by atoms with Crippen molar-refractivity contribution < 1.29 is 4.79 Å². The zero-order chi connectivity index (χ0) is 7.65. The lowest BCUT2D eigenvalue weighted by molar-refractivity contribution is 0.207. The zero-order valence-electron chi connectivity index (χ0n) is 4.77. The van der Waals surface area contributed by atoms with Gasteiger partial charge in [0.15, 0.2) is 1.55 Å². The van der Waals surface area contributed by atoms with Crippen LogP contribution in [-0.4, -0.2) is 12.6 Å². The van der Waals surface area contributed by atoms with Crippen LogP contribution in [0.2, 0.25) is 0 Å². The van der Waals surface area contributed by atoms with Gasteiger partial charge in [0, 0.05) is 0 Å². The summed E-state index contributed by atoms with van der Waals surface area (Å²) in [5.74, 6) is 5.24. The van der Waals surface area contributed by atoms with E-state index in [0.29, 0.717) is 0 Å². The van der Waals surface area contributed by atoms with E-state index in [-0.39, 0.29) is 0 Å². The molecule has 0 aliphatic rings. The lowest BCUT2D eigenvalue weighted by Crippen LogP contribution is -2.49. The van der Waals surface area contributed by atoms with E-state index in [4.69, 9.17) is 11.6 Å². The highest BCUT2D eigenvalue weighted by molar-refractivity contribution is 14.2. The first-order valence-electron chi connectivity index (χ1n) is 2.08. The van der Waals surface area contributed by atoms with Crippen LogP contribution in [0.25, 0.3) is 0 Å². The summed E-state index contributed by atoms with van der Waals surface area (Å²) >= 11 is 4.01. The molecule has 6 heteroatoms. The second kappa shape index (κ2) is 3.19. The number of carbonyl (C=O) groups is 1. The molecule has 4 N–H and O–H groups in total. The number of hydrogen-bond acceptors (Lipinski definition) is 2. The van der Waals surface area contributed by atoms with Gasteiger partial charge in [-0.15, -0.1) is 0 Å². The molecule has 0 aliphatic carbocycles. The molecule has 0 bridgehead atoms. The van der Waals surface area contributed by atoms with Crippen molar-refractivity contribution in [2.45, 2.75) is 8.48 Å². The summed E-state index contributed by atoms with van der Waals surface area (Å²) in [6.07, 6.45) is 0. The first-order chi connectivity index (χ1) is 3.85. The summed E-state index contributed by atoms with van der Waals surface area (Å²) in [4.78, 5) is 10.4. The fourth-order valence-corrected chi connectivity index (χ4v) is 0.669. The SMILES string of the molecule is CC(I)(I)N(N)C(N)=O. The third-order valence-electron chi connectivity index (χ3n) is 0.660. The van der Waals surface area contributed by atoms with Gasteiger partial charge in [0.1, 0.15) is 0 Å². The maximum atomic E-state index is 10.4. The molecule has 0 rings (SSSR count). The average Bonchev–Trinajstić information content (AvgIpc) is 1.62. The number of halogens is 2. The Morgan fingerprint density at radius 3 is 2.00 bits per heavy atom. The maximum absolute atomic E-state index is 10.4. The van der Waals surface area contributed by atoms with Crippen LogP contribution in [0.4, 0.5) is 4.79 Å². The molecule has 0 aromatic rings. The highest BCUT2D eigenvalue weighted by atomic mass is 127. The number of alkyl halides is 2. The van der Waals surface area contributed by atoms with Gasteiger partial charge in [-0.2, -0.15) is 0 Å². The Hall–Kier alpha value is 0.690. The van der Waals surface area contributed by atoms with Gasteiger partial charge in [-0.25, -0.2) is 15.6 Å². The van der Waals surface area contributed by atoms with Gasteiger partial charge < -0.3 is 5.73 Å². The number of primary amides is 1. The van der Waals surface area contributed by atoms with E-state index >= 15 is 0 Å². The molecule has 0 aliphatic heterocycles. The summed E-state index contributed by atoms with van der Waals surface area (Å²) in [5, 5.41) is 0.966. The summed E-state index contributed by atoms with van der Waals surface area (Å²) in [7, 11) is 0. The quantitative estimate of drug-likeness (QED) is 0.182. The third-order valence-corrected chi connectivity index (χ3v) is 1.70. The van der Waals surface area contributed by atoms with E-state index in [2.05, 4.69) is 0 Å². The minimum Gasteiger partial charge on any atom is -0.350 e. The standard InChI is InChI=1S/C3H7I2N3O/c1-3(4,5)8(7)2(6)9/h7H2,1H3,(H2,6,9). The topological polar surface area (TPSA) is 72.3 Å². The Balaban J connectivity index is 4.04. The minimum atomic E-state index is -0.624. The Morgan fingerprint density at radius 1 is 1.67 bits per heavy atom. The van der Waals surface area contributed by atoms with Gasteiger partial charge in [-0.05, 0) is 52.1 Å². The van der Waals surface area contributed by atoms with Crippen molar-refractivity contribution in [2.75, 3.05) is 0 Å². The van der Waals surface area contributed by atoms with Crippen molar-refractivity contribution in [1.82, 2.24) is 5.01 Å². The smallest absolute Gasteiger partial charge is 0.330 e. The van der Waals surface area contributed by atoms with Crippen molar-refractivity contribution in [1.29, 1.82) is 0 Å². The highest BCUT2D eigenvalue weighted by Gasteiger charge is 2.24. The molecule has 0 aromatic carbocycles. The van der Waals surface area contributed by atoms with Gasteiger partial charge in [0.2, 0.25) is 0 Å². The second-order valence-corrected chi connectivity index (χ2v) is 7.82. The van der Waals surface area contributed by atoms with Crippen LogP contribution in [0.5, 0.6) is 0 Å². The van der Waals surface area contributed by atoms with Crippen molar-refractivity contribution in [3.8, 4) is 0 Å². The van der Waals surface area contributed by atoms with Gasteiger partial charge in [-0.1, -0.05) is 0 Å². The van der Waals surface area contributed by atoms with E-state index < -0.39 is 7.58 Å². The number of amides is 2. The van der Waals surface area contributed by atoms with Gasteiger partial charge in [0.25, 0.3) is 0 Å². The first kappa shape index (κ1) is 9.69. The second-order valence-electron chi connectivity index (χ2n) is 1.55. The van der Waals surface area contributed by atoms with Crippen molar-refractivity contribution in [3.63, 3.8) is 0 Å². The van der Waals surface area contributed by atoms with Gasteiger partial charge in [0.05, 0.1) is 0 Å². The normalized spacial score (nSPS) is 11.1. The molecule has 0 fully saturated rings. The predicted octanol–water partition coefficient (Wildman–Crippen LogP) is 0.785. The van der Waals surface area contributed by atoms with Gasteiger partial charge >= 0.3 is 6.03 Å². The molecule has 0 atom stereocenters. The number of hydrazine groups is 1. The molecule has 0 aromatic heterocycles. The zero-order valence-corrected chi connectivity index (χ0v) is 9.08. The first-order valence-corrected chi connectivity index (χ1v) is 4.23. The van der Waals surface area contributed by atoms with Crippen LogP contribution in [-0.2, 0) is 0 Å². The molecule has 9 heavy (non-hydrogen) atoms. The van der Waals surface area contributed by atoms with Crippen LogP contribution >= 0.6 is 45.2 Å². The Labute approximate surface area is 80.6 Å². The van der Waals surface area contributed by atoms with Crippen LogP contribution in [0.1, 0.15) is 6.92 Å².